The van der Waals surface area contributed by atoms with Crippen LogP contribution in [-0.4, -0.2) is 33.5 Å². The van der Waals surface area contributed by atoms with E-state index in [9.17, 15) is 4.79 Å². The average Bonchev–Trinajstić information content (AvgIpc) is 2.65. The van der Waals surface area contributed by atoms with Gasteiger partial charge in [0.25, 0.3) is 0 Å². The third-order valence-corrected chi connectivity index (χ3v) is 3.73. The first-order valence-corrected chi connectivity index (χ1v) is 6.19. The predicted molar refractivity (Wildman–Crippen MR) is 61.8 cm³/mol. The number of hydrogen-bond acceptors (Lipinski definition) is 5. The fourth-order valence-electron chi connectivity index (χ4n) is 1.99. The van der Waals surface area contributed by atoms with Gasteiger partial charge in [0.1, 0.15) is 5.82 Å². The van der Waals surface area contributed by atoms with Gasteiger partial charge in [-0.2, -0.15) is 4.37 Å². The van der Waals surface area contributed by atoms with Gasteiger partial charge in [0.15, 0.2) is 0 Å². The number of anilines is 1. The largest absolute Gasteiger partial charge is 0.481 e. The van der Waals surface area contributed by atoms with E-state index in [4.69, 9.17) is 5.11 Å². The summed E-state index contributed by atoms with van der Waals surface area (Å²) in [6, 6.07) is 0. The number of carboxylic acids is 1. The Hall–Kier alpha value is -1.17. The minimum Gasteiger partial charge on any atom is -0.481 e. The van der Waals surface area contributed by atoms with E-state index in [0.29, 0.717) is 12.3 Å². The van der Waals surface area contributed by atoms with E-state index in [1.54, 1.807) is 0 Å². The second kappa shape index (κ2) is 4.78. The summed E-state index contributed by atoms with van der Waals surface area (Å²) < 4.78 is 4.15. The molecule has 0 bridgehead atoms. The van der Waals surface area contributed by atoms with Crippen LogP contribution in [0.15, 0.2) is 0 Å². The van der Waals surface area contributed by atoms with Crippen LogP contribution in [0.4, 0.5) is 5.13 Å². The van der Waals surface area contributed by atoms with Gasteiger partial charge in [0, 0.05) is 31.0 Å². The zero-order valence-corrected chi connectivity index (χ0v) is 10.0. The molecule has 0 saturated carbocycles. The van der Waals surface area contributed by atoms with Crippen molar-refractivity contribution in [1.82, 2.24) is 9.36 Å². The molecule has 88 valence electrons. The normalized spacial score (nSPS) is 17.7. The molecule has 0 amide bonds. The molecule has 1 aliphatic heterocycles. The number of aromatic nitrogens is 2. The molecule has 1 aliphatic rings. The van der Waals surface area contributed by atoms with Crippen LogP contribution >= 0.6 is 11.5 Å². The molecule has 5 nitrogen and oxygen atoms in total. The van der Waals surface area contributed by atoms with Crippen LogP contribution in [-0.2, 0) is 4.79 Å². The summed E-state index contributed by atoms with van der Waals surface area (Å²) in [4.78, 5) is 17.1. The Morgan fingerprint density at radius 2 is 2.25 bits per heavy atom. The maximum absolute atomic E-state index is 10.6. The van der Waals surface area contributed by atoms with Gasteiger partial charge in [-0.25, -0.2) is 4.98 Å². The molecule has 0 radical (unpaired) electrons. The van der Waals surface area contributed by atoms with Crippen molar-refractivity contribution in [3.63, 3.8) is 0 Å². The zero-order chi connectivity index (χ0) is 11.5. The third-order valence-electron chi connectivity index (χ3n) is 2.87. The first kappa shape index (κ1) is 11.3. The number of carbonyl (C=O) groups is 1. The van der Waals surface area contributed by atoms with Crippen LogP contribution in [0.1, 0.15) is 25.1 Å². The highest BCUT2D eigenvalue weighted by Crippen LogP contribution is 2.26. The van der Waals surface area contributed by atoms with Gasteiger partial charge >= 0.3 is 5.97 Å². The summed E-state index contributed by atoms with van der Waals surface area (Å²) in [6.45, 7) is 3.68. The molecule has 2 heterocycles. The van der Waals surface area contributed by atoms with Crippen molar-refractivity contribution >= 4 is 22.6 Å². The Balaban J connectivity index is 1.87. The SMILES string of the molecule is Cc1nsc(N2CCC(CC(=O)O)CC2)n1. The summed E-state index contributed by atoms with van der Waals surface area (Å²) >= 11 is 1.42. The number of hydrogen-bond donors (Lipinski definition) is 1. The minimum atomic E-state index is -0.690. The van der Waals surface area contributed by atoms with Crippen LogP contribution in [0.3, 0.4) is 0 Å². The molecule has 0 aliphatic carbocycles. The highest BCUT2D eigenvalue weighted by molar-refractivity contribution is 7.09. The second-order valence-electron chi connectivity index (χ2n) is 4.15. The smallest absolute Gasteiger partial charge is 0.303 e. The summed E-state index contributed by atoms with van der Waals surface area (Å²) in [5.41, 5.74) is 0. The van der Waals surface area contributed by atoms with Gasteiger partial charge in [-0.15, -0.1) is 0 Å². The fourth-order valence-corrected chi connectivity index (χ4v) is 2.72. The van der Waals surface area contributed by atoms with Gasteiger partial charge in [0.2, 0.25) is 5.13 Å². The molecule has 1 aromatic heterocycles. The van der Waals surface area contributed by atoms with Crippen molar-refractivity contribution in [2.45, 2.75) is 26.2 Å². The van der Waals surface area contributed by atoms with Gasteiger partial charge in [0.05, 0.1) is 0 Å². The Kier molecular flexibility index (Phi) is 3.38. The monoisotopic (exact) mass is 241 g/mol. The number of nitrogens with zero attached hydrogens (tertiary/aromatic N) is 3. The molecule has 6 heteroatoms. The first-order chi connectivity index (χ1) is 7.65. The first-order valence-electron chi connectivity index (χ1n) is 5.42. The lowest BCUT2D eigenvalue weighted by atomic mass is 9.94. The van der Waals surface area contributed by atoms with Crippen LogP contribution in [0.2, 0.25) is 0 Å². The van der Waals surface area contributed by atoms with Gasteiger partial charge in [-0.1, -0.05) is 0 Å². The van der Waals surface area contributed by atoms with Crippen molar-refractivity contribution in [3.05, 3.63) is 5.82 Å². The summed E-state index contributed by atoms with van der Waals surface area (Å²) in [5, 5.41) is 9.68. The molecule has 16 heavy (non-hydrogen) atoms. The summed E-state index contributed by atoms with van der Waals surface area (Å²) in [6.07, 6.45) is 2.17. The van der Waals surface area contributed by atoms with Crippen LogP contribution in [0.5, 0.6) is 0 Å². The van der Waals surface area contributed by atoms with E-state index in [1.807, 2.05) is 6.92 Å². The van der Waals surface area contributed by atoms with E-state index < -0.39 is 5.97 Å². The number of aryl methyl sites for hydroxylation is 1. The molecule has 1 fully saturated rings. The van der Waals surface area contributed by atoms with Crippen molar-refractivity contribution in [3.8, 4) is 0 Å². The van der Waals surface area contributed by atoms with Crippen molar-refractivity contribution in [1.29, 1.82) is 0 Å². The maximum Gasteiger partial charge on any atom is 0.303 e. The fraction of sp³-hybridized carbons (Fsp3) is 0.700. The van der Waals surface area contributed by atoms with Crippen LogP contribution < -0.4 is 4.90 Å². The lowest BCUT2D eigenvalue weighted by Crippen LogP contribution is -2.34. The van der Waals surface area contributed by atoms with Gasteiger partial charge in [-0.3, -0.25) is 4.79 Å². The topological polar surface area (TPSA) is 66.3 Å². The molecule has 0 aromatic carbocycles. The number of piperidine rings is 1. The van der Waals surface area contributed by atoms with E-state index in [2.05, 4.69) is 14.3 Å². The van der Waals surface area contributed by atoms with Crippen molar-refractivity contribution in [2.24, 2.45) is 5.92 Å². The molecule has 1 saturated heterocycles. The summed E-state index contributed by atoms with van der Waals surface area (Å²) in [5.74, 6) is 0.445. The molecular formula is C10H15N3O2S. The van der Waals surface area contributed by atoms with Crippen molar-refractivity contribution in [2.75, 3.05) is 18.0 Å². The number of rotatable bonds is 3. The Bertz CT molecular complexity index is 372. The molecule has 1 N–H and O–H groups in total. The Morgan fingerprint density at radius 1 is 1.56 bits per heavy atom. The lowest BCUT2D eigenvalue weighted by Gasteiger charge is -2.30. The molecule has 1 aromatic rings. The van der Waals surface area contributed by atoms with Crippen molar-refractivity contribution < 1.29 is 9.90 Å². The molecule has 0 atom stereocenters. The maximum atomic E-state index is 10.6. The number of aliphatic carboxylic acids is 1. The highest BCUT2D eigenvalue weighted by atomic mass is 32.1. The number of carboxylic acid groups (broad SMARTS) is 1. The third kappa shape index (κ3) is 2.69. The van der Waals surface area contributed by atoms with Crippen LogP contribution in [0.25, 0.3) is 0 Å². The lowest BCUT2D eigenvalue weighted by molar-refractivity contribution is -0.138. The molecule has 0 unspecified atom stereocenters. The molecular weight excluding hydrogens is 226 g/mol. The van der Waals surface area contributed by atoms with E-state index in [1.165, 1.54) is 11.5 Å². The van der Waals surface area contributed by atoms with E-state index in [0.717, 1.165) is 36.9 Å². The van der Waals surface area contributed by atoms with Gasteiger partial charge in [-0.05, 0) is 25.7 Å². The minimum absolute atomic E-state index is 0.295. The summed E-state index contributed by atoms with van der Waals surface area (Å²) in [7, 11) is 0. The van der Waals surface area contributed by atoms with Gasteiger partial charge < -0.3 is 10.0 Å². The molecule has 2 rings (SSSR count). The quantitative estimate of drug-likeness (QED) is 0.869. The second-order valence-corrected chi connectivity index (χ2v) is 4.88. The highest BCUT2D eigenvalue weighted by Gasteiger charge is 2.22. The molecule has 0 spiro atoms. The van der Waals surface area contributed by atoms with Crippen LogP contribution in [0, 0.1) is 12.8 Å². The Labute approximate surface area is 98.3 Å². The zero-order valence-electron chi connectivity index (χ0n) is 9.22. The predicted octanol–water partition coefficient (Wildman–Crippen LogP) is 1.54. The average molecular weight is 241 g/mol. The Morgan fingerprint density at radius 3 is 2.75 bits per heavy atom. The van der Waals surface area contributed by atoms with E-state index >= 15 is 0 Å². The standard InChI is InChI=1S/C10H15N3O2S/c1-7-11-10(16-12-7)13-4-2-8(3-5-13)6-9(14)15/h8H,2-6H2,1H3,(H,14,15). The van der Waals surface area contributed by atoms with E-state index in [-0.39, 0.29) is 0 Å².